The van der Waals surface area contributed by atoms with Crippen LogP contribution in [0.25, 0.3) is 0 Å². The van der Waals surface area contributed by atoms with Gasteiger partial charge in [-0.1, -0.05) is 48.9 Å². The Morgan fingerprint density at radius 1 is 0.946 bits per heavy atom. The summed E-state index contributed by atoms with van der Waals surface area (Å²) < 4.78 is 5.39. The number of halogens is 1. The molecule has 1 N–H and O–H groups in total. The summed E-state index contributed by atoms with van der Waals surface area (Å²) in [5.41, 5.74) is 3.87. The first kappa shape index (κ1) is 25.6. The molecule has 0 unspecified atom stereocenters. The van der Waals surface area contributed by atoms with Crippen LogP contribution >= 0.6 is 11.6 Å². The van der Waals surface area contributed by atoms with Crippen molar-refractivity contribution in [3.05, 3.63) is 88.9 Å². The topological polar surface area (TPSA) is 44.8 Å². The average molecular weight is 518 g/mol. The maximum Gasteiger partial charge on any atom is 0.259 e. The van der Waals surface area contributed by atoms with Crippen molar-refractivity contribution < 1.29 is 9.53 Å². The van der Waals surface area contributed by atoms with Crippen LogP contribution in [0.2, 0.25) is 5.02 Å². The van der Waals surface area contributed by atoms with Crippen molar-refractivity contribution in [1.82, 2.24) is 4.90 Å². The quantitative estimate of drug-likeness (QED) is 0.389. The molecule has 0 radical (unpaired) electrons. The molecule has 0 atom stereocenters. The molecule has 1 aliphatic carbocycles. The summed E-state index contributed by atoms with van der Waals surface area (Å²) in [5.74, 6) is 1.02. The number of nitrogens with one attached hydrogen (secondary N) is 1. The van der Waals surface area contributed by atoms with Crippen LogP contribution < -0.4 is 15.0 Å². The molecule has 3 aromatic carbocycles. The standard InChI is InChI=1S/C31H36ClN3O2/c1-23-13-15-31(16-14-23,35-19-17-34(18-20-35)27-9-4-3-5-10-27)24-7-6-8-26(21-24)33-30(36)28-12-11-25(32)22-29(28)37-2/h3-12,21-23H,13-20H2,1-2H3,(H,33,36). The molecule has 5 rings (SSSR count). The fraction of sp³-hybridized carbons (Fsp3) is 0.387. The third-order valence-corrected chi connectivity index (χ3v) is 8.41. The van der Waals surface area contributed by atoms with Crippen molar-refractivity contribution >= 4 is 28.9 Å². The van der Waals surface area contributed by atoms with E-state index in [9.17, 15) is 4.79 Å². The predicted octanol–water partition coefficient (Wildman–Crippen LogP) is 6.83. The van der Waals surface area contributed by atoms with Gasteiger partial charge in [-0.15, -0.1) is 0 Å². The van der Waals surface area contributed by atoms with Gasteiger partial charge in [0.2, 0.25) is 0 Å². The lowest BCUT2D eigenvalue weighted by Gasteiger charge is -2.51. The van der Waals surface area contributed by atoms with Crippen LogP contribution in [0.15, 0.2) is 72.8 Å². The van der Waals surface area contributed by atoms with Crippen molar-refractivity contribution in [3.63, 3.8) is 0 Å². The molecule has 5 nitrogen and oxygen atoms in total. The molecule has 3 aromatic rings. The molecule has 1 amide bonds. The third kappa shape index (κ3) is 5.48. The molecule has 0 spiro atoms. The number of carbonyl (C=O) groups is 1. The van der Waals surface area contributed by atoms with Gasteiger partial charge in [-0.05, 0) is 79.6 Å². The Morgan fingerprint density at radius 2 is 1.68 bits per heavy atom. The number of nitrogens with zero attached hydrogens (tertiary/aromatic N) is 2. The minimum absolute atomic E-state index is 0.00596. The van der Waals surface area contributed by atoms with Crippen molar-refractivity contribution in [3.8, 4) is 5.75 Å². The number of para-hydroxylation sites is 1. The molecule has 37 heavy (non-hydrogen) atoms. The van der Waals surface area contributed by atoms with E-state index in [2.05, 4.69) is 70.6 Å². The molecule has 2 aliphatic rings. The molecule has 6 heteroatoms. The lowest BCUT2D eigenvalue weighted by molar-refractivity contribution is 0.0299. The van der Waals surface area contributed by atoms with E-state index in [-0.39, 0.29) is 11.4 Å². The number of rotatable bonds is 6. The average Bonchev–Trinajstić information content (AvgIpc) is 2.94. The van der Waals surface area contributed by atoms with Crippen molar-refractivity contribution in [2.75, 3.05) is 43.5 Å². The summed E-state index contributed by atoms with van der Waals surface area (Å²) in [6, 6.07) is 24.3. The predicted molar refractivity (Wildman–Crippen MR) is 152 cm³/mol. The number of benzene rings is 3. The van der Waals surface area contributed by atoms with Gasteiger partial charge >= 0.3 is 0 Å². The van der Waals surface area contributed by atoms with Gasteiger partial charge in [0.05, 0.1) is 12.7 Å². The summed E-state index contributed by atoms with van der Waals surface area (Å²) in [5, 5.41) is 3.64. The van der Waals surface area contributed by atoms with Gasteiger partial charge in [0.15, 0.2) is 0 Å². The van der Waals surface area contributed by atoms with E-state index in [4.69, 9.17) is 16.3 Å². The largest absolute Gasteiger partial charge is 0.496 e. The Morgan fingerprint density at radius 3 is 2.38 bits per heavy atom. The number of anilines is 2. The van der Waals surface area contributed by atoms with Crippen LogP contribution in [-0.4, -0.2) is 44.1 Å². The highest BCUT2D eigenvalue weighted by Gasteiger charge is 2.42. The lowest BCUT2D eigenvalue weighted by atomic mass is 9.71. The van der Waals surface area contributed by atoms with Crippen molar-refractivity contribution in [2.24, 2.45) is 5.92 Å². The highest BCUT2D eigenvalue weighted by atomic mass is 35.5. The number of carbonyl (C=O) groups excluding carboxylic acids is 1. The van der Waals surface area contributed by atoms with Gasteiger partial charge in [-0.25, -0.2) is 0 Å². The zero-order valence-electron chi connectivity index (χ0n) is 21.8. The van der Waals surface area contributed by atoms with Gasteiger partial charge in [0.25, 0.3) is 5.91 Å². The number of piperazine rings is 1. The number of hydrogen-bond donors (Lipinski definition) is 1. The Bertz CT molecular complexity index is 1220. The molecule has 0 bridgehead atoms. The number of hydrogen-bond acceptors (Lipinski definition) is 4. The molecular weight excluding hydrogens is 482 g/mol. The van der Waals surface area contributed by atoms with Gasteiger partial charge in [-0.2, -0.15) is 0 Å². The Kier molecular flexibility index (Phi) is 7.73. The SMILES string of the molecule is COc1cc(Cl)ccc1C(=O)Nc1cccc(C2(N3CCN(c4ccccc4)CC3)CCC(C)CC2)c1. The first-order chi connectivity index (χ1) is 18.0. The van der Waals surface area contributed by atoms with Crippen LogP contribution in [0.5, 0.6) is 5.75 Å². The minimum Gasteiger partial charge on any atom is -0.496 e. The number of methoxy groups -OCH3 is 1. The minimum atomic E-state index is -0.201. The molecule has 0 aromatic heterocycles. The first-order valence-corrected chi connectivity index (χ1v) is 13.7. The summed E-state index contributed by atoms with van der Waals surface area (Å²) in [7, 11) is 1.55. The summed E-state index contributed by atoms with van der Waals surface area (Å²) >= 11 is 6.09. The number of amides is 1. The Labute approximate surface area is 225 Å². The zero-order chi connectivity index (χ0) is 25.8. The van der Waals surface area contributed by atoms with Crippen LogP contribution in [0.3, 0.4) is 0 Å². The fourth-order valence-electron chi connectivity index (χ4n) is 6.00. The van der Waals surface area contributed by atoms with E-state index in [1.54, 1.807) is 25.3 Å². The first-order valence-electron chi connectivity index (χ1n) is 13.3. The van der Waals surface area contributed by atoms with E-state index in [1.165, 1.54) is 24.1 Å². The molecule has 2 fully saturated rings. The normalized spacial score (nSPS) is 22.5. The molecule has 1 aliphatic heterocycles. The summed E-state index contributed by atoms with van der Waals surface area (Å²) in [6.07, 6.45) is 4.72. The van der Waals surface area contributed by atoms with Crippen LogP contribution in [0.1, 0.15) is 48.5 Å². The molecule has 1 heterocycles. The maximum atomic E-state index is 13.1. The van der Waals surface area contributed by atoms with E-state index in [0.717, 1.165) is 50.6 Å². The second kappa shape index (κ2) is 11.2. The van der Waals surface area contributed by atoms with E-state index < -0.39 is 0 Å². The monoisotopic (exact) mass is 517 g/mol. The fourth-order valence-corrected chi connectivity index (χ4v) is 6.16. The van der Waals surface area contributed by atoms with Crippen LogP contribution in [0, 0.1) is 5.92 Å². The second-order valence-electron chi connectivity index (χ2n) is 10.4. The Hall–Kier alpha value is -3.02. The summed E-state index contributed by atoms with van der Waals surface area (Å²) in [6.45, 7) is 6.47. The third-order valence-electron chi connectivity index (χ3n) is 8.17. The zero-order valence-corrected chi connectivity index (χ0v) is 22.5. The number of ether oxygens (including phenoxy) is 1. The summed E-state index contributed by atoms with van der Waals surface area (Å²) in [4.78, 5) is 18.3. The van der Waals surface area contributed by atoms with Crippen molar-refractivity contribution in [2.45, 2.75) is 38.1 Å². The van der Waals surface area contributed by atoms with Crippen LogP contribution in [-0.2, 0) is 5.54 Å². The molecule has 1 saturated carbocycles. The van der Waals surface area contributed by atoms with Gasteiger partial charge in [-0.3, -0.25) is 9.69 Å². The Balaban J connectivity index is 1.38. The van der Waals surface area contributed by atoms with E-state index in [1.807, 2.05) is 6.07 Å². The maximum absolute atomic E-state index is 13.1. The van der Waals surface area contributed by atoms with Gasteiger partial charge < -0.3 is 15.0 Å². The molecular formula is C31H36ClN3O2. The van der Waals surface area contributed by atoms with E-state index in [0.29, 0.717) is 16.3 Å². The molecule has 194 valence electrons. The lowest BCUT2D eigenvalue weighted by Crippen LogP contribution is -2.56. The van der Waals surface area contributed by atoms with Crippen molar-refractivity contribution in [1.29, 1.82) is 0 Å². The second-order valence-corrected chi connectivity index (χ2v) is 10.8. The van der Waals surface area contributed by atoms with Gasteiger partial charge in [0.1, 0.15) is 5.75 Å². The highest BCUT2D eigenvalue weighted by molar-refractivity contribution is 6.31. The smallest absolute Gasteiger partial charge is 0.259 e. The van der Waals surface area contributed by atoms with Crippen LogP contribution in [0.4, 0.5) is 11.4 Å². The van der Waals surface area contributed by atoms with E-state index >= 15 is 0 Å². The highest BCUT2D eigenvalue weighted by Crippen LogP contribution is 2.45. The molecule has 1 saturated heterocycles. The van der Waals surface area contributed by atoms with Gasteiger partial charge in [0, 0.05) is 48.1 Å².